The van der Waals surface area contributed by atoms with E-state index in [0.717, 1.165) is 0 Å². The normalized spacial score (nSPS) is 10.2. The third kappa shape index (κ3) is 1.59. The highest BCUT2D eigenvalue weighted by atomic mass is 16.5. The van der Waals surface area contributed by atoms with Crippen LogP contribution >= 0.6 is 0 Å². The molecule has 0 radical (unpaired) electrons. The van der Waals surface area contributed by atoms with Gasteiger partial charge in [-0.3, -0.25) is 4.98 Å². The number of carboxylic acids is 1. The molecule has 0 saturated heterocycles. The Bertz CT molecular complexity index is 491. The lowest BCUT2D eigenvalue weighted by Gasteiger charge is -1.96. The largest absolute Gasteiger partial charge is 0.477 e. The summed E-state index contributed by atoms with van der Waals surface area (Å²) < 4.78 is 4.98. The van der Waals surface area contributed by atoms with Crippen LogP contribution in [-0.2, 0) is 0 Å². The summed E-state index contributed by atoms with van der Waals surface area (Å²) in [4.78, 5) is 14.8. The van der Waals surface area contributed by atoms with Crippen LogP contribution < -0.4 is 0 Å². The van der Waals surface area contributed by atoms with Crippen LogP contribution in [-0.4, -0.2) is 21.2 Å². The molecule has 0 aliphatic carbocycles. The fraction of sp³-hybridized carbons (Fsp3) is 0.100. The molecule has 2 aromatic heterocycles. The molecule has 2 aromatic rings. The van der Waals surface area contributed by atoms with Crippen LogP contribution in [0.25, 0.3) is 11.3 Å². The molecule has 0 atom stereocenters. The fourth-order valence-electron chi connectivity index (χ4n) is 1.32. The number of aromatic nitrogens is 2. The van der Waals surface area contributed by atoms with Gasteiger partial charge in [0.15, 0.2) is 5.76 Å². The highest BCUT2D eigenvalue weighted by molar-refractivity contribution is 5.95. The van der Waals surface area contributed by atoms with Gasteiger partial charge in [0.1, 0.15) is 5.56 Å². The molecule has 1 N–H and O–H groups in total. The minimum Gasteiger partial charge on any atom is -0.477 e. The second kappa shape index (κ2) is 3.53. The molecular formula is C10H8N2O3. The van der Waals surface area contributed by atoms with Crippen molar-refractivity contribution >= 4 is 5.97 Å². The molecule has 15 heavy (non-hydrogen) atoms. The maximum absolute atomic E-state index is 11.0. The van der Waals surface area contributed by atoms with Gasteiger partial charge in [-0.05, 0) is 19.1 Å². The smallest absolute Gasteiger partial charge is 0.341 e. The zero-order valence-electron chi connectivity index (χ0n) is 7.97. The first kappa shape index (κ1) is 9.39. The van der Waals surface area contributed by atoms with E-state index in [9.17, 15) is 4.79 Å². The van der Waals surface area contributed by atoms with E-state index in [1.807, 2.05) is 0 Å². The van der Waals surface area contributed by atoms with E-state index in [1.54, 1.807) is 31.5 Å². The number of rotatable bonds is 2. The first-order valence-corrected chi connectivity index (χ1v) is 4.30. The first-order chi connectivity index (χ1) is 7.20. The quantitative estimate of drug-likeness (QED) is 0.806. The third-order valence-corrected chi connectivity index (χ3v) is 2.02. The van der Waals surface area contributed by atoms with E-state index in [4.69, 9.17) is 9.63 Å². The van der Waals surface area contributed by atoms with Crippen LogP contribution in [0.5, 0.6) is 0 Å². The number of aryl methyl sites for hydroxylation is 1. The molecule has 0 amide bonds. The van der Waals surface area contributed by atoms with Gasteiger partial charge in [0.2, 0.25) is 0 Å². The van der Waals surface area contributed by atoms with Gasteiger partial charge in [0.25, 0.3) is 0 Å². The highest BCUT2D eigenvalue weighted by Gasteiger charge is 2.20. The van der Waals surface area contributed by atoms with E-state index in [1.165, 1.54) is 0 Å². The Labute approximate surface area is 85.4 Å². The summed E-state index contributed by atoms with van der Waals surface area (Å²) in [6, 6.07) is 3.35. The second-order valence-corrected chi connectivity index (χ2v) is 3.01. The number of aromatic carboxylic acids is 1. The molecular weight excluding hydrogens is 196 g/mol. The van der Waals surface area contributed by atoms with Crippen molar-refractivity contribution in [3.63, 3.8) is 0 Å². The number of nitrogens with zero attached hydrogens (tertiary/aromatic N) is 2. The summed E-state index contributed by atoms with van der Waals surface area (Å²) in [6.07, 6.45) is 3.14. The van der Waals surface area contributed by atoms with Gasteiger partial charge in [-0.2, -0.15) is 0 Å². The van der Waals surface area contributed by atoms with Crippen molar-refractivity contribution in [3.05, 3.63) is 35.8 Å². The van der Waals surface area contributed by atoms with Crippen molar-refractivity contribution < 1.29 is 14.4 Å². The first-order valence-electron chi connectivity index (χ1n) is 4.30. The van der Waals surface area contributed by atoms with Gasteiger partial charge >= 0.3 is 5.97 Å². The molecule has 0 spiro atoms. The van der Waals surface area contributed by atoms with Crippen LogP contribution in [0.4, 0.5) is 0 Å². The third-order valence-electron chi connectivity index (χ3n) is 2.02. The average molecular weight is 204 g/mol. The number of pyridine rings is 1. The summed E-state index contributed by atoms with van der Waals surface area (Å²) >= 11 is 0. The van der Waals surface area contributed by atoms with Crippen molar-refractivity contribution in [3.8, 4) is 11.3 Å². The van der Waals surface area contributed by atoms with Crippen molar-refractivity contribution in [2.24, 2.45) is 0 Å². The van der Waals surface area contributed by atoms with Gasteiger partial charge in [-0.25, -0.2) is 4.79 Å². The minimum atomic E-state index is -1.04. The summed E-state index contributed by atoms with van der Waals surface area (Å²) in [7, 11) is 0. The Balaban J connectivity index is 2.59. The maximum Gasteiger partial charge on any atom is 0.341 e. The van der Waals surface area contributed by atoms with E-state index in [2.05, 4.69) is 10.1 Å². The molecule has 0 aliphatic rings. The van der Waals surface area contributed by atoms with Crippen molar-refractivity contribution in [1.29, 1.82) is 0 Å². The van der Waals surface area contributed by atoms with Gasteiger partial charge in [-0.15, -0.1) is 0 Å². The lowest BCUT2D eigenvalue weighted by Crippen LogP contribution is -1.98. The van der Waals surface area contributed by atoms with Crippen LogP contribution in [0.2, 0.25) is 0 Å². The molecule has 0 unspecified atom stereocenters. The maximum atomic E-state index is 11.0. The molecule has 5 heteroatoms. The predicted octanol–water partition coefficient (Wildman–Crippen LogP) is 1.74. The minimum absolute atomic E-state index is 0.0983. The van der Waals surface area contributed by atoms with Crippen molar-refractivity contribution in [1.82, 2.24) is 10.1 Å². The van der Waals surface area contributed by atoms with E-state index in [0.29, 0.717) is 11.3 Å². The van der Waals surface area contributed by atoms with Crippen molar-refractivity contribution in [2.75, 3.05) is 0 Å². The van der Waals surface area contributed by atoms with Gasteiger partial charge in [0, 0.05) is 18.0 Å². The number of hydrogen-bond acceptors (Lipinski definition) is 4. The number of hydrogen-bond donors (Lipinski definition) is 1. The van der Waals surface area contributed by atoms with Crippen LogP contribution in [0.15, 0.2) is 29.0 Å². The average Bonchev–Trinajstić information content (AvgIpc) is 2.61. The van der Waals surface area contributed by atoms with Crippen LogP contribution in [0.3, 0.4) is 0 Å². The predicted molar refractivity (Wildman–Crippen MR) is 51.4 cm³/mol. The Morgan fingerprint density at radius 3 is 2.67 bits per heavy atom. The zero-order valence-corrected chi connectivity index (χ0v) is 7.97. The van der Waals surface area contributed by atoms with Gasteiger partial charge < -0.3 is 9.63 Å². The molecule has 0 saturated carbocycles. The van der Waals surface area contributed by atoms with E-state index < -0.39 is 5.97 Å². The SMILES string of the molecule is Cc1noc(-c2ccncc2)c1C(=O)O. The fourth-order valence-corrected chi connectivity index (χ4v) is 1.32. The lowest BCUT2D eigenvalue weighted by atomic mass is 10.1. The zero-order chi connectivity index (χ0) is 10.8. The Morgan fingerprint density at radius 1 is 1.40 bits per heavy atom. The Kier molecular flexibility index (Phi) is 2.21. The van der Waals surface area contributed by atoms with Crippen LogP contribution in [0, 0.1) is 6.92 Å². The molecule has 2 heterocycles. The molecule has 5 nitrogen and oxygen atoms in total. The number of carboxylic acid groups (broad SMARTS) is 1. The Hall–Kier alpha value is -2.17. The second-order valence-electron chi connectivity index (χ2n) is 3.01. The highest BCUT2D eigenvalue weighted by Crippen LogP contribution is 2.25. The van der Waals surface area contributed by atoms with Gasteiger partial charge in [0.05, 0.1) is 5.69 Å². The molecule has 0 fully saturated rings. The number of carbonyl (C=O) groups is 1. The molecule has 0 aliphatic heterocycles. The van der Waals surface area contributed by atoms with E-state index in [-0.39, 0.29) is 11.3 Å². The topological polar surface area (TPSA) is 76.2 Å². The summed E-state index contributed by atoms with van der Waals surface area (Å²) in [6.45, 7) is 1.59. The van der Waals surface area contributed by atoms with Crippen LogP contribution in [0.1, 0.15) is 16.1 Å². The summed E-state index contributed by atoms with van der Waals surface area (Å²) in [5.41, 5.74) is 1.12. The molecule has 0 aromatic carbocycles. The molecule has 0 bridgehead atoms. The van der Waals surface area contributed by atoms with Gasteiger partial charge in [-0.1, -0.05) is 5.16 Å². The summed E-state index contributed by atoms with van der Waals surface area (Å²) in [5.74, 6) is -0.775. The standard InChI is InChI=1S/C10H8N2O3/c1-6-8(10(13)14)9(15-12-6)7-2-4-11-5-3-7/h2-5H,1H3,(H,13,14). The lowest BCUT2D eigenvalue weighted by molar-refractivity contribution is 0.0696. The monoisotopic (exact) mass is 204 g/mol. The van der Waals surface area contributed by atoms with E-state index >= 15 is 0 Å². The Morgan fingerprint density at radius 2 is 2.07 bits per heavy atom. The molecule has 2 rings (SSSR count). The van der Waals surface area contributed by atoms with Crippen molar-refractivity contribution in [2.45, 2.75) is 6.92 Å². The molecule has 76 valence electrons. The summed E-state index contributed by atoms with van der Waals surface area (Å²) in [5, 5.41) is 12.6.